The Hall–Kier alpha value is -1.49. The van der Waals surface area contributed by atoms with Crippen LogP contribution in [0.2, 0.25) is 0 Å². The zero-order valence-corrected chi connectivity index (χ0v) is 14.9. The molecule has 5 heteroatoms. The molecule has 0 aromatic heterocycles. The highest BCUT2D eigenvalue weighted by Gasteiger charge is 2.53. The molecule has 24 heavy (non-hydrogen) atoms. The van der Waals surface area contributed by atoms with Crippen LogP contribution in [-0.4, -0.2) is 29.4 Å². The van der Waals surface area contributed by atoms with Crippen LogP contribution in [0, 0.1) is 17.8 Å². The van der Waals surface area contributed by atoms with Crippen molar-refractivity contribution in [3.63, 3.8) is 0 Å². The van der Waals surface area contributed by atoms with Crippen molar-refractivity contribution >= 4 is 23.0 Å². The van der Waals surface area contributed by atoms with Crippen LogP contribution in [0.15, 0.2) is 18.2 Å². The van der Waals surface area contributed by atoms with Crippen LogP contribution in [0.25, 0.3) is 0 Å². The Kier molecular flexibility index (Phi) is 3.24. The first kappa shape index (κ1) is 14.8. The number of ether oxygens (including phenoxy) is 2. The van der Waals surface area contributed by atoms with E-state index in [1.807, 2.05) is 18.2 Å². The van der Waals surface area contributed by atoms with Crippen molar-refractivity contribution in [2.75, 3.05) is 19.2 Å². The summed E-state index contributed by atoms with van der Waals surface area (Å²) >= 11 is 5.76. The lowest BCUT2D eigenvalue weighted by molar-refractivity contribution is -0.0538. The van der Waals surface area contributed by atoms with Crippen LogP contribution in [0.3, 0.4) is 0 Å². The molecule has 0 amide bonds. The Balaban J connectivity index is 1.33. The van der Waals surface area contributed by atoms with E-state index in [2.05, 4.69) is 17.3 Å². The maximum atomic E-state index is 5.76. The molecule has 0 radical (unpaired) electrons. The maximum absolute atomic E-state index is 5.76. The van der Waals surface area contributed by atoms with Gasteiger partial charge in [0.2, 0.25) is 6.79 Å². The van der Waals surface area contributed by atoms with Gasteiger partial charge < -0.3 is 19.7 Å². The van der Waals surface area contributed by atoms with Crippen molar-refractivity contribution in [1.29, 1.82) is 0 Å². The molecule has 4 nitrogen and oxygen atoms in total. The predicted molar refractivity (Wildman–Crippen MR) is 97.5 cm³/mol. The van der Waals surface area contributed by atoms with Crippen molar-refractivity contribution in [2.45, 2.75) is 44.1 Å². The molecule has 1 heterocycles. The predicted octanol–water partition coefficient (Wildman–Crippen LogP) is 4.01. The van der Waals surface area contributed by atoms with Crippen LogP contribution < -0.4 is 14.8 Å². The smallest absolute Gasteiger partial charge is 0.231 e. The zero-order valence-electron chi connectivity index (χ0n) is 14.1. The summed E-state index contributed by atoms with van der Waals surface area (Å²) in [6, 6.07) is 5.92. The van der Waals surface area contributed by atoms with Gasteiger partial charge in [0.05, 0.1) is 0 Å². The van der Waals surface area contributed by atoms with Crippen LogP contribution in [0.1, 0.15) is 38.5 Å². The summed E-state index contributed by atoms with van der Waals surface area (Å²) in [4.78, 5) is 2.37. The van der Waals surface area contributed by atoms with Crippen LogP contribution in [0.5, 0.6) is 11.5 Å². The third-order valence-corrected chi connectivity index (χ3v) is 7.02. The monoisotopic (exact) mass is 344 g/mol. The Morgan fingerprint density at radius 3 is 2.38 bits per heavy atom. The molecule has 1 aliphatic heterocycles. The number of nitrogens with one attached hydrogen (secondary N) is 1. The highest BCUT2D eigenvalue weighted by molar-refractivity contribution is 7.80. The second kappa shape index (κ2) is 5.25. The number of fused-ring (bicyclic) bond motifs is 1. The minimum atomic E-state index is 0.287. The summed E-state index contributed by atoms with van der Waals surface area (Å²) in [6.45, 7) is 0.302. The average molecular weight is 344 g/mol. The van der Waals surface area contributed by atoms with Crippen molar-refractivity contribution in [3.8, 4) is 11.5 Å². The first-order valence-corrected chi connectivity index (χ1v) is 9.47. The van der Waals surface area contributed by atoms with Gasteiger partial charge in [-0.3, -0.25) is 0 Å². The molecule has 128 valence electrons. The molecule has 0 spiro atoms. The normalized spacial score (nSPS) is 35.1. The fraction of sp³-hybridized carbons (Fsp3) is 0.632. The van der Waals surface area contributed by atoms with Gasteiger partial charge in [-0.15, -0.1) is 0 Å². The molecule has 1 N–H and O–H groups in total. The van der Waals surface area contributed by atoms with E-state index in [0.717, 1.165) is 40.1 Å². The first-order valence-electron chi connectivity index (χ1n) is 9.06. The minimum Gasteiger partial charge on any atom is -0.454 e. The van der Waals surface area contributed by atoms with Crippen LogP contribution in [-0.2, 0) is 0 Å². The Morgan fingerprint density at radius 2 is 1.71 bits per heavy atom. The largest absolute Gasteiger partial charge is 0.454 e. The van der Waals surface area contributed by atoms with E-state index in [4.69, 9.17) is 21.7 Å². The minimum absolute atomic E-state index is 0.287. The van der Waals surface area contributed by atoms with Gasteiger partial charge in [-0.1, -0.05) is 0 Å². The summed E-state index contributed by atoms with van der Waals surface area (Å²) in [5.41, 5.74) is 1.26. The lowest BCUT2D eigenvalue weighted by Gasteiger charge is -2.60. The van der Waals surface area contributed by atoms with E-state index in [1.165, 1.54) is 38.5 Å². The Morgan fingerprint density at radius 1 is 1.08 bits per heavy atom. The molecule has 4 bridgehead atoms. The van der Waals surface area contributed by atoms with Crippen molar-refractivity contribution in [2.24, 2.45) is 17.8 Å². The third kappa shape index (κ3) is 2.28. The van der Waals surface area contributed by atoms with Crippen molar-refractivity contribution in [1.82, 2.24) is 4.90 Å². The SMILES string of the molecule is CN(C(=S)Nc1ccc2c(c1)OCO2)C12CC3CC(CC(C3)C1)C2. The molecular weight excluding hydrogens is 320 g/mol. The van der Waals surface area contributed by atoms with E-state index in [0.29, 0.717) is 6.79 Å². The van der Waals surface area contributed by atoms with Gasteiger partial charge in [0.25, 0.3) is 0 Å². The van der Waals surface area contributed by atoms with Gasteiger partial charge in [0.15, 0.2) is 16.6 Å². The third-order valence-electron chi connectivity index (χ3n) is 6.65. The molecule has 5 aliphatic rings. The van der Waals surface area contributed by atoms with Crippen molar-refractivity contribution in [3.05, 3.63) is 18.2 Å². The molecule has 1 aromatic carbocycles. The summed E-state index contributed by atoms with van der Waals surface area (Å²) in [5, 5.41) is 4.25. The number of rotatable bonds is 2. The fourth-order valence-electron chi connectivity index (χ4n) is 5.87. The number of benzene rings is 1. The molecular formula is C19H24N2O2S. The number of anilines is 1. The lowest BCUT2D eigenvalue weighted by atomic mass is 9.52. The molecule has 4 fully saturated rings. The second-order valence-electron chi connectivity index (χ2n) is 8.20. The highest BCUT2D eigenvalue weighted by Crippen LogP contribution is 2.57. The molecule has 0 atom stereocenters. The zero-order chi connectivity index (χ0) is 16.3. The number of nitrogens with zero attached hydrogens (tertiary/aromatic N) is 1. The van der Waals surface area contributed by atoms with Gasteiger partial charge in [-0.05, 0) is 80.6 Å². The van der Waals surface area contributed by atoms with E-state index < -0.39 is 0 Å². The first-order chi connectivity index (χ1) is 11.6. The van der Waals surface area contributed by atoms with Gasteiger partial charge >= 0.3 is 0 Å². The molecule has 1 aromatic rings. The highest BCUT2D eigenvalue weighted by atomic mass is 32.1. The van der Waals surface area contributed by atoms with E-state index >= 15 is 0 Å². The van der Waals surface area contributed by atoms with Gasteiger partial charge in [0.1, 0.15) is 0 Å². The number of hydrogen-bond acceptors (Lipinski definition) is 3. The number of hydrogen-bond donors (Lipinski definition) is 1. The number of thiocarbonyl (C=S) groups is 1. The Labute approximate surface area is 148 Å². The molecule has 4 aliphatic carbocycles. The molecule has 0 saturated heterocycles. The molecule has 0 unspecified atom stereocenters. The summed E-state index contributed by atoms with van der Waals surface area (Å²) in [7, 11) is 2.19. The standard InChI is InChI=1S/C19H24N2O2S/c1-21(19-8-12-4-13(9-19)6-14(5-12)10-19)18(24)20-15-2-3-16-17(7-15)23-11-22-16/h2-3,7,12-14H,4-6,8-11H2,1H3,(H,20,24). The van der Waals surface area contributed by atoms with Crippen LogP contribution >= 0.6 is 12.2 Å². The topological polar surface area (TPSA) is 33.7 Å². The van der Waals surface area contributed by atoms with Crippen molar-refractivity contribution < 1.29 is 9.47 Å². The molecule has 6 rings (SSSR count). The second-order valence-corrected chi connectivity index (χ2v) is 8.59. The Bertz CT molecular complexity index is 655. The lowest BCUT2D eigenvalue weighted by Crippen LogP contribution is -2.60. The van der Waals surface area contributed by atoms with E-state index in [1.54, 1.807) is 0 Å². The maximum Gasteiger partial charge on any atom is 0.231 e. The fourth-order valence-corrected chi connectivity index (χ4v) is 6.18. The quantitative estimate of drug-likeness (QED) is 0.820. The van der Waals surface area contributed by atoms with Gasteiger partial charge in [-0.2, -0.15) is 0 Å². The van der Waals surface area contributed by atoms with E-state index in [-0.39, 0.29) is 5.54 Å². The molecule has 4 saturated carbocycles. The summed E-state index contributed by atoms with van der Waals surface area (Å²) in [5.74, 6) is 4.37. The van der Waals surface area contributed by atoms with Gasteiger partial charge in [0, 0.05) is 24.3 Å². The van der Waals surface area contributed by atoms with Crippen LogP contribution in [0.4, 0.5) is 5.69 Å². The average Bonchev–Trinajstić information content (AvgIpc) is 3.00. The summed E-state index contributed by atoms with van der Waals surface area (Å²) < 4.78 is 10.8. The van der Waals surface area contributed by atoms with Gasteiger partial charge in [-0.25, -0.2) is 0 Å². The summed E-state index contributed by atoms with van der Waals surface area (Å²) in [6.07, 6.45) is 8.32. The van der Waals surface area contributed by atoms with E-state index in [9.17, 15) is 0 Å².